The van der Waals surface area contributed by atoms with E-state index in [1.165, 1.54) is 26.6 Å². The van der Waals surface area contributed by atoms with Crippen LogP contribution in [-0.4, -0.2) is 55.6 Å². The Morgan fingerprint density at radius 3 is 2.23 bits per heavy atom. The summed E-state index contributed by atoms with van der Waals surface area (Å²) in [5.41, 5.74) is 5.63. The number of amides is 2. The van der Waals surface area contributed by atoms with Crippen LogP contribution in [0.25, 0.3) is 11.1 Å². The standard InChI is InChI=1S/C27H27N3O4S/c31-26(28-22-10-11-25-21(19-22)18-20-6-4-5-9-24(20)25)12-13-27(32)29-14-16-30(17-15-29)35(33,34)23-7-2-1-3-8-23/h1-11,19H,12-18H2,(H,28,31). The van der Waals surface area contributed by atoms with Gasteiger partial charge in [-0.15, -0.1) is 0 Å². The molecule has 2 amide bonds. The molecule has 0 atom stereocenters. The van der Waals surface area contributed by atoms with E-state index in [1.54, 1.807) is 35.2 Å². The first-order chi connectivity index (χ1) is 16.9. The van der Waals surface area contributed by atoms with Gasteiger partial charge in [0.05, 0.1) is 4.90 Å². The van der Waals surface area contributed by atoms with Gasteiger partial charge < -0.3 is 10.2 Å². The molecule has 0 aromatic heterocycles. The number of rotatable bonds is 6. The fourth-order valence-corrected chi connectivity index (χ4v) is 6.19. The van der Waals surface area contributed by atoms with E-state index in [2.05, 4.69) is 17.4 Å². The summed E-state index contributed by atoms with van der Waals surface area (Å²) in [6.45, 7) is 1.12. The van der Waals surface area contributed by atoms with E-state index in [0.717, 1.165) is 12.1 Å². The van der Waals surface area contributed by atoms with Gasteiger partial charge in [-0.1, -0.05) is 48.5 Å². The SMILES string of the molecule is O=C(CCC(=O)N1CCN(S(=O)(=O)c2ccccc2)CC1)Nc1ccc2c(c1)Cc1ccccc1-2. The first kappa shape index (κ1) is 23.3. The fourth-order valence-electron chi connectivity index (χ4n) is 4.74. The summed E-state index contributed by atoms with van der Waals surface area (Å²) in [5.74, 6) is -0.347. The van der Waals surface area contributed by atoms with Crippen LogP contribution in [0.4, 0.5) is 5.69 Å². The summed E-state index contributed by atoms with van der Waals surface area (Å²) < 4.78 is 26.9. The number of hydrogen-bond donors (Lipinski definition) is 1. The molecule has 2 aliphatic rings. The number of benzene rings is 3. The molecule has 5 rings (SSSR count). The molecule has 0 unspecified atom stereocenters. The molecule has 3 aromatic carbocycles. The largest absolute Gasteiger partial charge is 0.340 e. The van der Waals surface area contributed by atoms with Crippen molar-refractivity contribution in [1.82, 2.24) is 9.21 Å². The average Bonchev–Trinajstić information content (AvgIpc) is 3.25. The van der Waals surface area contributed by atoms with Gasteiger partial charge in [-0.25, -0.2) is 8.42 Å². The zero-order chi connectivity index (χ0) is 24.4. The van der Waals surface area contributed by atoms with Crippen LogP contribution in [0.5, 0.6) is 0 Å². The van der Waals surface area contributed by atoms with Gasteiger partial charge in [0.1, 0.15) is 0 Å². The Hall–Kier alpha value is -3.49. The van der Waals surface area contributed by atoms with Crippen molar-refractivity contribution in [2.24, 2.45) is 0 Å². The molecule has 3 aromatic rings. The molecule has 7 nitrogen and oxygen atoms in total. The smallest absolute Gasteiger partial charge is 0.243 e. The third-order valence-electron chi connectivity index (χ3n) is 6.62. The molecular weight excluding hydrogens is 462 g/mol. The van der Waals surface area contributed by atoms with Gasteiger partial charge >= 0.3 is 0 Å². The molecule has 1 aliphatic carbocycles. The number of carbonyl (C=O) groups is 2. The average molecular weight is 490 g/mol. The van der Waals surface area contributed by atoms with Gasteiger partial charge in [0.15, 0.2) is 0 Å². The summed E-state index contributed by atoms with van der Waals surface area (Å²) in [5, 5.41) is 2.90. The van der Waals surface area contributed by atoms with Crippen LogP contribution in [0, 0.1) is 0 Å². The zero-order valence-corrected chi connectivity index (χ0v) is 20.1. The highest BCUT2D eigenvalue weighted by Crippen LogP contribution is 2.37. The van der Waals surface area contributed by atoms with E-state index in [9.17, 15) is 18.0 Å². The van der Waals surface area contributed by atoms with Crippen molar-refractivity contribution >= 4 is 27.5 Å². The molecule has 35 heavy (non-hydrogen) atoms. The van der Waals surface area contributed by atoms with Crippen molar-refractivity contribution < 1.29 is 18.0 Å². The minimum atomic E-state index is -3.56. The zero-order valence-electron chi connectivity index (χ0n) is 19.3. The summed E-state index contributed by atoms with van der Waals surface area (Å²) in [6.07, 6.45) is 1.02. The van der Waals surface area contributed by atoms with E-state index < -0.39 is 10.0 Å². The minimum absolute atomic E-state index is 0.0820. The maximum Gasteiger partial charge on any atom is 0.243 e. The van der Waals surface area contributed by atoms with Gasteiger partial charge in [-0.2, -0.15) is 4.31 Å². The van der Waals surface area contributed by atoms with Crippen LogP contribution >= 0.6 is 0 Å². The molecule has 1 N–H and O–H groups in total. The third kappa shape index (κ3) is 4.85. The monoisotopic (exact) mass is 489 g/mol. The van der Waals surface area contributed by atoms with Crippen molar-refractivity contribution in [3.8, 4) is 11.1 Å². The predicted molar refractivity (Wildman–Crippen MR) is 134 cm³/mol. The molecule has 180 valence electrons. The second kappa shape index (κ2) is 9.64. The highest BCUT2D eigenvalue weighted by Gasteiger charge is 2.30. The van der Waals surface area contributed by atoms with E-state index in [1.807, 2.05) is 30.3 Å². The van der Waals surface area contributed by atoms with E-state index >= 15 is 0 Å². The van der Waals surface area contributed by atoms with Crippen LogP contribution in [-0.2, 0) is 26.0 Å². The van der Waals surface area contributed by atoms with Crippen molar-refractivity contribution in [1.29, 1.82) is 0 Å². The number of carbonyl (C=O) groups excluding carboxylic acids is 2. The van der Waals surface area contributed by atoms with Gasteiger partial charge in [0.25, 0.3) is 0 Å². The molecule has 1 fully saturated rings. The lowest BCUT2D eigenvalue weighted by molar-refractivity contribution is -0.133. The Bertz CT molecular complexity index is 1360. The molecule has 0 bridgehead atoms. The molecule has 0 saturated carbocycles. The Morgan fingerprint density at radius 1 is 0.771 bits per heavy atom. The molecule has 0 spiro atoms. The number of nitrogens with zero attached hydrogens (tertiary/aromatic N) is 2. The first-order valence-electron chi connectivity index (χ1n) is 11.8. The second-order valence-corrected chi connectivity index (χ2v) is 10.8. The molecule has 1 aliphatic heterocycles. The second-order valence-electron chi connectivity index (χ2n) is 8.85. The summed E-state index contributed by atoms with van der Waals surface area (Å²) in [7, 11) is -3.56. The number of anilines is 1. The fraction of sp³-hybridized carbons (Fsp3) is 0.259. The van der Waals surface area contributed by atoms with Crippen LogP contribution in [0.3, 0.4) is 0 Å². The van der Waals surface area contributed by atoms with Gasteiger partial charge in [-0.05, 0) is 52.9 Å². The summed E-state index contributed by atoms with van der Waals surface area (Å²) in [4.78, 5) is 27.0. The van der Waals surface area contributed by atoms with Crippen molar-refractivity contribution in [3.63, 3.8) is 0 Å². The highest BCUT2D eigenvalue weighted by atomic mass is 32.2. The van der Waals surface area contributed by atoms with E-state index in [0.29, 0.717) is 13.1 Å². The van der Waals surface area contributed by atoms with E-state index in [4.69, 9.17) is 0 Å². The number of sulfonamides is 1. The number of hydrogen-bond acceptors (Lipinski definition) is 4. The van der Waals surface area contributed by atoms with Crippen LogP contribution in [0.2, 0.25) is 0 Å². The Labute approximate surface area is 205 Å². The molecule has 8 heteroatoms. The first-order valence-corrected chi connectivity index (χ1v) is 13.2. The number of nitrogens with one attached hydrogen (secondary N) is 1. The Morgan fingerprint density at radius 2 is 1.46 bits per heavy atom. The normalized spacial score (nSPS) is 15.4. The van der Waals surface area contributed by atoms with Crippen molar-refractivity contribution in [2.75, 3.05) is 31.5 Å². The Kier molecular flexibility index (Phi) is 6.40. The van der Waals surface area contributed by atoms with Crippen LogP contribution in [0.15, 0.2) is 77.7 Å². The topological polar surface area (TPSA) is 86.8 Å². The molecule has 1 saturated heterocycles. The predicted octanol–water partition coefficient (Wildman–Crippen LogP) is 3.51. The maximum atomic E-state index is 12.8. The van der Waals surface area contributed by atoms with Gasteiger partial charge in [0.2, 0.25) is 21.8 Å². The lowest BCUT2D eigenvalue weighted by Gasteiger charge is -2.34. The number of fused-ring (bicyclic) bond motifs is 3. The lowest BCUT2D eigenvalue weighted by Crippen LogP contribution is -2.50. The lowest BCUT2D eigenvalue weighted by atomic mass is 10.1. The molecular formula is C27H27N3O4S. The Balaban J connectivity index is 1.11. The minimum Gasteiger partial charge on any atom is -0.340 e. The number of piperazine rings is 1. The van der Waals surface area contributed by atoms with Crippen molar-refractivity contribution in [3.05, 3.63) is 83.9 Å². The summed E-state index contributed by atoms with van der Waals surface area (Å²) >= 11 is 0. The van der Waals surface area contributed by atoms with E-state index in [-0.39, 0.29) is 42.6 Å². The molecule has 0 radical (unpaired) electrons. The van der Waals surface area contributed by atoms with Gasteiger partial charge in [-0.3, -0.25) is 9.59 Å². The third-order valence-corrected chi connectivity index (χ3v) is 8.53. The molecule has 1 heterocycles. The maximum absolute atomic E-state index is 12.8. The van der Waals surface area contributed by atoms with Gasteiger partial charge in [0, 0.05) is 44.7 Å². The van der Waals surface area contributed by atoms with Crippen LogP contribution < -0.4 is 5.32 Å². The highest BCUT2D eigenvalue weighted by molar-refractivity contribution is 7.89. The quantitative estimate of drug-likeness (QED) is 0.449. The van der Waals surface area contributed by atoms with Crippen molar-refractivity contribution in [2.45, 2.75) is 24.2 Å². The summed E-state index contributed by atoms with van der Waals surface area (Å²) in [6, 6.07) is 22.5. The van der Waals surface area contributed by atoms with Crippen LogP contribution in [0.1, 0.15) is 24.0 Å².